The molecular weight excluding hydrogens is 332 g/mol. The number of nitrogens with zero attached hydrogens (tertiary/aromatic N) is 4. The van der Waals surface area contributed by atoms with Crippen molar-refractivity contribution < 1.29 is 17.9 Å². The Labute approximate surface area is 142 Å². The predicted molar refractivity (Wildman–Crippen MR) is 88.1 cm³/mol. The number of hydrogen-bond donors (Lipinski definition) is 0. The minimum absolute atomic E-state index is 0.0483. The third kappa shape index (κ3) is 3.79. The van der Waals surface area contributed by atoms with Crippen molar-refractivity contribution >= 4 is 15.8 Å². The number of likely N-dealkylation sites (N-methyl/N-ethyl adjacent to an activating group) is 1. The van der Waals surface area contributed by atoms with Crippen molar-refractivity contribution in [1.82, 2.24) is 19.6 Å². The van der Waals surface area contributed by atoms with Gasteiger partial charge in [-0.05, 0) is 7.05 Å². The molecule has 1 aromatic heterocycles. The summed E-state index contributed by atoms with van der Waals surface area (Å²) in [6.07, 6.45) is 3.99. The zero-order chi connectivity index (χ0) is 17.3. The zero-order valence-electron chi connectivity index (χ0n) is 14.1. The van der Waals surface area contributed by atoms with E-state index in [0.717, 1.165) is 18.7 Å². The first-order chi connectivity index (χ1) is 11.4. The van der Waals surface area contributed by atoms with Crippen molar-refractivity contribution in [2.75, 3.05) is 38.8 Å². The standard InChI is InChI=1S/C15H24N4O4S/c1-17-5-6-18(14-11-24(21,22)10-13(14)17)8-12-7-16-19(9-12)4-3-15(20)23-2/h7,9,13-14H,3-6,8,10-11H2,1-2H3. The van der Waals surface area contributed by atoms with E-state index in [1.54, 1.807) is 10.9 Å². The quantitative estimate of drug-likeness (QED) is 0.649. The van der Waals surface area contributed by atoms with Crippen LogP contribution >= 0.6 is 0 Å². The molecule has 2 aliphatic rings. The van der Waals surface area contributed by atoms with Crippen molar-refractivity contribution in [2.45, 2.75) is 31.6 Å². The lowest BCUT2D eigenvalue weighted by molar-refractivity contribution is -0.140. The van der Waals surface area contributed by atoms with E-state index in [1.165, 1.54) is 7.11 Å². The number of sulfone groups is 1. The van der Waals surface area contributed by atoms with Crippen LogP contribution in [0.5, 0.6) is 0 Å². The number of methoxy groups -OCH3 is 1. The van der Waals surface area contributed by atoms with Gasteiger partial charge in [-0.1, -0.05) is 0 Å². The summed E-state index contributed by atoms with van der Waals surface area (Å²) < 4.78 is 30.4. The SMILES string of the molecule is COC(=O)CCn1cc(CN2CCN(C)C3CS(=O)(=O)CC32)cn1. The molecule has 2 unspecified atom stereocenters. The second-order valence-electron chi connectivity index (χ2n) is 6.60. The second kappa shape index (κ2) is 6.81. The summed E-state index contributed by atoms with van der Waals surface area (Å²) in [6, 6.07) is 0.130. The van der Waals surface area contributed by atoms with Crippen molar-refractivity contribution in [3.8, 4) is 0 Å². The molecule has 0 N–H and O–H groups in total. The van der Waals surface area contributed by atoms with Gasteiger partial charge in [-0.2, -0.15) is 5.10 Å². The number of aromatic nitrogens is 2. The third-order valence-electron chi connectivity index (χ3n) is 4.91. The molecule has 0 saturated carbocycles. The van der Waals surface area contributed by atoms with Gasteiger partial charge in [0.2, 0.25) is 0 Å². The fourth-order valence-electron chi connectivity index (χ4n) is 3.55. The molecule has 2 saturated heterocycles. The molecule has 0 radical (unpaired) electrons. The molecule has 2 atom stereocenters. The summed E-state index contributed by atoms with van der Waals surface area (Å²) in [5.41, 5.74) is 1.03. The van der Waals surface area contributed by atoms with Crippen molar-refractivity contribution in [2.24, 2.45) is 0 Å². The lowest BCUT2D eigenvalue weighted by Crippen LogP contribution is -2.57. The monoisotopic (exact) mass is 356 g/mol. The predicted octanol–water partition coefficient (Wildman–Crippen LogP) is -0.641. The first kappa shape index (κ1) is 17.4. The Hall–Kier alpha value is -1.45. The number of carbonyl (C=O) groups is 1. The summed E-state index contributed by atoms with van der Waals surface area (Å²) in [4.78, 5) is 15.6. The molecular formula is C15H24N4O4S. The molecule has 9 heteroatoms. The Morgan fingerprint density at radius 2 is 2.08 bits per heavy atom. The van der Waals surface area contributed by atoms with Crippen LogP contribution in [0, 0.1) is 0 Å². The summed E-state index contributed by atoms with van der Waals surface area (Å²) >= 11 is 0. The Kier molecular flexibility index (Phi) is 4.93. The van der Waals surface area contributed by atoms with Gasteiger partial charge in [0.25, 0.3) is 0 Å². The van der Waals surface area contributed by atoms with Gasteiger partial charge >= 0.3 is 5.97 Å². The smallest absolute Gasteiger partial charge is 0.307 e. The summed E-state index contributed by atoms with van der Waals surface area (Å²) in [5.74, 6) is 0.228. The number of piperazine rings is 1. The lowest BCUT2D eigenvalue weighted by atomic mass is 10.1. The summed E-state index contributed by atoms with van der Waals surface area (Å²) in [5, 5.41) is 4.27. The first-order valence-corrected chi connectivity index (χ1v) is 9.93. The normalized spacial score (nSPS) is 27.1. The lowest BCUT2D eigenvalue weighted by Gasteiger charge is -2.42. The van der Waals surface area contributed by atoms with Gasteiger partial charge in [0.15, 0.2) is 9.84 Å². The number of carbonyl (C=O) groups excluding carboxylic acids is 1. The average Bonchev–Trinajstić information content (AvgIpc) is 3.11. The highest BCUT2D eigenvalue weighted by molar-refractivity contribution is 7.91. The third-order valence-corrected chi connectivity index (χ3v) is 6.61. The maximum atomic E-state index is 12.0. The highest BCUT2D eigenvalue weighted by Crippen LogP contribution is 2.27. The molecule has 0 amide bonds. The molecule has 3 rings (SSSR count). The van der Waals surface area contributed by atoms with Crippen LogP contribution in [-0.4, -0.2) is 84.8 Å². The maximum absolute atomic E-state index is 12.0. The number of fused-ring (bicyclic) bond motifs is 1. The van der Waals surface area contributed by atoms with Crippen LogP contribution in [0.3, 0.4) is 0 Å². The summed E-state index contributed by atoms with van der Waals surface area (Å²) in [6.45, 7) is 2.88. The van der Waals surface area contributed by atoms with Gasteiger partial charge in [-0.15, -0.1) is 0 Å². The van der Waals surface area contributed by atoms with E-state index in [1.807, 2.05) is 13.2 Å². The van der Waals surface area contributed by atoms with Crippen molar-refractivity contribution in [3.05, 3.63) is 18.0 Å². The topological polar surface area (TPSA) is 84.7 Å². The van der Waals surface area contributed by atoms with Gasteiger partial charge in [0.05, 0.1) is 37.8 Å². The first-order valence-electron chi connectivity index (χ1n) is 8.11. The van der Waals surface area contributed by atoms with Gasteiger partial charge in [-0.25, -0.2) is 8.42 Å². The van der Waals surface area contributed by atoms with Gasteiger partial charge in [0, 0.05) is 43.5 Å². The van der Waals surface area contributed by atoms with E-state index in [2.05, 4.69) is 19.6 Å². The van der Waals surface area contributed by atoms with Crippen molar-refractivity contribution in [3.63, 3.8) is 0 Å². The second-order valence-corrected chi connectivity index (χ2v) is 8.75. The fraction of sp³-hybridized carbons (Fsp3) is 0.733. The molecule has 2 fully saturated rings. The minimum atomic E-state index is -2.96. The number of aryl methyl sites for hydroxylation is 1. The van der Waals surface area contributed by atoms with Gasteiger partial charge in [-0.3, -0.25) is 19.3 Å². The van der Waals surface area contributed by atoms with Crippen LogP contribution in [0.2, 0.25) is 0 Å². The molecule has 0 spiro atoms. The summed E-state index contributed by atoms with van der Waals surface area (Å²) in [7, 11) is 0.414. The maximum Gasteiger partial charge on any atom is 0.307 e. The minimum Gasteiger partial charge on any atom is -0.469 e. The van der Waals surface area contributed by atoms with Crippen LogP contribution in [0.1, 0.15) is 12.0 Å². The molecule has 2 aliphatic heterocycles. The number of rotatable bonds is 5. The van der Waals surface area contributed by atoms with E-state index in [0.29, 0.717) is 13.1 Å². The molecule has 1 aromatic rings. The highest BCUT2D eigenvalue weighted by Gasteiger charge is 2.45. The Morgan fingerprint density at radius 3 is 2.83 bits per heavy atom. The molecule has 24 heavy (non-hydrogen) atoms. The Morgan fingerprint density at radius 1 is 1.33 bits per heavy atom. The molecule has 0 aromatic carbocycles. The number of ether oxygens (including phenoxy) is 1. The van der Waals surface area contributed by atoms with E-state index < -0.39 is 9.84 Å². The molecule has 3 heterocycles. The largest absolute Gasteiger partial charge is 0.469 e. The van der Waals surface area contributed by atoms with E-state index in [4.69, 9.17) is 0 Å². The van der Waals surface area contributed by atoms with Gasteiger partial charge in [0.1, 0.15) is 0 Å². The van der Waals surface area contributed by atoms with E-state index in [-0.39, 0.29) is 36.0 Å². The zero-order valence-corrected chi connectivity index (χ0v) is 14.9. The van der Waals surface area contributed by atoms with Crippen LogP contribution in [0.25, 0.3) is 0 Å². The number of esters is 1. The molecule has 0 bridgehead atoms. The fourth-order valence-corrected chi connectivity index (χ4v) is 5.63. The average molecular weight is 356 g/mol. The van der Waals surface area contributed by atoms with Crippen LogP contribution < -0.4 is 0 Å². The van der Waals surface area contributed by atoms with E-state index >= 15 is 0 Å². The molecule has 134 valence electrons. The van der Waals surface area contributed by atoms with Crippen LogP contribution in [0.15, 0.2) is 12.4 Å². The number of hydrogen-bond acceptors (Lipinski definition) is 7. The molecule has 8 nitrogen and oxygen atoms in total. The van der Waals surface area contributed by atoms with Crippen molar-refractivity contribution in [1.29, 1.82) is 0 Å². The Bertz CT molecular complexity index is 702. The van der Waals surface area contributed by atoms with Gasteiger partial charge < -0.3 is 4.74 Å². The van der Waals surface area contributed by atoms with Crippen LogP contribution in [0.4, 0.5) is 0 Å². The highest BCUT2D eigenvalue weighted by atomic mass is 32.2. The van der Waals surface area contributed by atoms with Crippen LogP contribution in [-0.2, 0) is 32.5 Å². The van der Waals surface area contributed by atoms with E-state index in [9.17, 15) is 13.2 Å². The Balaban J connectivity index is 1.63. The molecule has 0 aliphatic carbocycles.